The number of aromatic nitrogens is 2. The van der Waals surface area contributed by atoms with E-state index in [0.717, 1.165) is 11.6 Å². The molecule has 5 rings (SSSR count). The Hall–Kier alpha value is -4.18. The van der Waals surface area contributed by atoms with Gasteiger partial charge in [0.25, 0.3) is 5.91 Å². The van der Waals surface area contributed by atoms with Crippen LogP contribution in [0.2, 0.25) is 0 Å². The minimum atomic E-state index is -1.34. The summed E-state index contributed by atoms with van der Waals surface area (Å²) < 4.78 is 48.6. The first-order valence-corrected chi connectivity index (χ1v) is 12.7. The first kappa shape index (κ1) is 26.4. The van der Waals surface area contributed by atoms with Gasteiger partial charge < -0.3 is 20.1 Å². The Labute approximate surface area is 223 Å². The molecule has 2 aromatic heterocycles. The van der Waals surface area contributed by atoms with E-state index < -0.39 is 17.5 Å². The van der Waals surface area contributed by atoms with Crippen LogP contribution >= 0.6 is 0 Å². The number of aliphatic hydroxyl groups is 1. The minimum absolute atomic E-state index is 0.0598. The highest BCUT2D eigenvalue weighted by molar-refractivity contribution is 6.09. The van der Waals surface area contributed by atoms with Crippen LogP contribution in [-0.4, -0.2) is 47.3 Å². The molecule has 202 valence electrons. The molecule has 10 heteroatoms. The van der Waals surface area contributed by atoms with E-state index in [0.29, 0.717) is 48.9 Å². The molecule has 2 aromatic carbocycles. The predicted molar refractivity (Wildman–Crippen MR) is 141 cm³/mol. The Morgan fingerprint density at radius 1 is 1.15 bits per heavy atom. The monoisotopic (exact) mass is 536 g/mol. The molecular formula is C29H27F3N4O3. The van der Waals surface area contributed by atoms with Crippen molar-refractivity contribution >= 4 is 22.5 Å². The van der Waals surface area contributed by atoms with E-state index in [1.165, 1.54) is 12.4 Å². The molecule has 1 aliphatic heterocycles. The molecule has 1 aliphatic rings. The molecule has 1 atom stereocenters. The van der Waals surface area contributed by atoms with Gasteiger partial charge in [-0.25, -0.2) is 13.2 Å². The first-order valence-electron chi connectivity index (χ1n) is 12.7. The van der Waals surface area contributed by atoms with Crippen LogP contribution in [0.3, 0.4) is 0 Å². The SMILES string of the molecule is CCCN(CCO)c1c(C(=O)NC2CCOc3ccccc32)cnc2c(-c3cc(F)cc(F)c3F)nccc12. The lowest BCUT2D eigenvalue weighted by atomic mass is 9.99. The van der Waals surface area contributed by atoms with Gasteiger partial charge in [0.15, 0.2) is 11.6 Å². The summed E-state index contributed by atoms with van der Waals surface area (Å²) in [5, 5.41) is 13.3. The van der Waals surface area contributed by atoms with E-state index in [9.17, 15) is 23.1 Å². The van der Waals surface area contributed by atoms with Crippen molar-refractivity contribution in [1.29, 1.82) is 0 Å². The van der Waals surface area contributed by atoms with E-state index >= 15 is 0 Å². The smallest absolute Gasteiger partial charge is 0.255 e. The number of ether oxygens (including phenoxy) is 1. The Balaban J connectivity index is 1.65. The fourth-order valence-electron chi connectivity index (χ4n) is 5.00. The molecule has 0 bridgehead atoms. The van der Waals surface area contributed by atoms with E-state index in [1.54, 1.807) is 6.07 Å². The number of benzene rings is 2. The molecule has 3 heterocycles. The van der Waals surface area contributed by atoms with Gasteiger partial charge in [0, 0.05) is 54.5 Å². The lowest BCUT2D eigenvalue weighted by Gasteiger charge is -2.29. The van der Waals surface area contributed by atoms with E-state index in [2.05, 4.69) is 15.3 Å². The van der Waals surface area contributed by atoms with Gasteiger partial charge in [-0.05, 0) is 24.6 Å². The number of carbonyl (C=O) groups is 1. The van der Waals surface area contributed by atoms with Gasteiger partial charge in [0.05, 0.1) is 41.7 Å². The fourth-order valence-corrected chi connectivity index (χ4v) is 5.00. The average Bonchev–Trinajstić information content (AvgIpc) is 2.94. The number of pyridine rings is 2. The van der Waals surface area contributed by atoms with Crippen molar-refractivity contribution in [3.63, 3.8) is 0 Å². The van der Waals surface area contributed by atoms with Gasteiger partial charge in [-0.2, -0.15) is 0 Å². The van der Waals surface area contributed by atoms with E-state index in [-0.39, 0.29) is 47.4 Å². The van der Waals surface area contributed by atoms with Gasteiger partial charge in [-0.3, -0.25) is 14.8 Å². The zero-order chi connectivity index (χ0) is 27.5. The molecule has 0 saturated heterocycles. The number of rotatable bonds is 8. The third-order valence-electron chi connectivity index (χ3n) is 6.69. The van der Waals surface area contributed by atoms with Crippen molar-refractivity contribution in [2.45, 2.75) is 25.8 Å². The maximum absolute atomic E-state index is 14.8. The second-order valence-electron chi connectivity index (χ2n) is 9.24. The molecule has 0 aliphatic carbocycles. The average molecular weight is 537 g/mol. The van der Waals surface area contributed by atoms with Crippen LogP contribution in [-0.2, 0) is 0 Å². The number of fused-ring (bicyclic) bond motifs is 2. The Morgan fingerprint density at radius 3 is 2.77 bits per heavy atom. The predicted octanol–water partition coefficient (Wildman–Crippen LogP) is 5.18. The quantitative estimate of drug-likeness (QED) is 0.302. The molecule has 4 aromatic rings. The maximum atomic E-state index is 14.8. The largest absolute Gasteiger partial charge is 0.493 e. The molecule has 1 unspecified atom stereocenters. The maximum Gasteiger partial charge on any atom is 0.255 e. The van der Waals surface area contributed by atoms with Crippen molar-refractivity contribution in [2.75, 3.05) is 31.2 Å². The van der Waals surface area contributed by atoms with Gasteiger partial charge in [0.2, 0.25) is 0 Å². The lowest BCUT2D eigenvalue weighted by molar-refractivity contribution is 0.0925. The second kappa shape index (κ2) is 11.3. The Morgan fingerprint density at radius 2 is 1.97 bits per heavy atom. The molecule has 7 nitrogen and oxygen atoms in total. The summed E-state index contributed by atoms with van der Waals surface area (Å²) in [6, 6.07) is 10.2. The van der Waals surface area contributed by atoms with Crippen LogP contribution in [0.5, 0.6) is 5.75 Å². The summed E-state index contributed by atoms with van der Waals surface area (Å²) in [5.41, 5.74) is 1.31. The van der Waals surface area contributed by atoms with Gasteiger partial charge in [-0.1, -0.05) is 25.1 Å². The number of anilines is 1. The number of amides is 1. The first-order chi connectivity index (χ1) is 18.9. The fraction of sp³-hybridized carbons (Fsp3) is 0.276. The zero-order valence-corrected chi connectivity index (χ0v) is 21.3. The summed E-state index contributed by atoms with van der Waals surface area (Å²) in [6.07, 6.45) is 4.02. The number of carbonyl (C=O) groups excluding carboxylic acids is 1. The highest BCUT2D eigenvalue weighted by Gasteiger charge is 2.27. The highest BCUT2D eigenvalue weighted by atomic mass is 19.2. The summed E-state index contributed by atoms with van der Waals surface area (Å²) in [4.78, 5) is 24.2. The number of hydrogen-bond donors (Lipinski definition) is 2. The zero-order valence-electron chi connectivity index (χ0n) is 21.3. The standard InChI is InChI=1S/C29H27F3N4O3/c1-2-10-36(11-12-37)28-19-7-9-33-27(20-14-17(30)15-22(31)25(20)32)26(19)34-16-21(28)29(38)35-23-8-13-39-24-6-4-3-5-18(23)24/h3-7,9,14-16,23,37H,2,8,10-13H2,1H3,(H,35,38). The van der Waals surface area contributed by atoms with Crippen LogP contribution in [0.15, 0.2) is 54.9 Å². The molecule has 0 fully saturated rings. The third-order valence-corrected chi connectivity index (χ3v) is 6.69. The van der Waals surface area contributed by atoms with Crippen LogP contribution < -0.4 is 15.0 Å². The minimum Gasteiger partial charge on any atom is -0.493 e. The van der Waals surface area contributed by atoms with Crippen LogP contribution in [0.4, 0.5) is 18.9 Å². The molecule has 0 radical (unpaired) electrons. The normalized spacial score (nSPS) is 14.5. The number of para-hydroxylation sites is 1. The summed E-state index contributed by atoms with van der Waals surface area (Å²) >= 11 is 0. The third kappa shape index (κ3) is 5.12. The Kier molecular flexibility index (Phi) is 7.65. The van der Waals surface area contributed by atoms with Crippen molar-refractivity contribution in [3.05, 3.63) is 83.4 Å². The number of nitrogens with zero attached hydrogens (tertiary/aromatic N) is 3. The van der Waals surface area contributed by atoms with Crippen LogP contribution in [0.25, 0.3) is 22.2 Å². The summed E-state index contributed by atoms with van der Waals surface area (Å²) in [7, 11) is 0. The van der Waals surface area contributed by atoms with Crippen LogP contribution in [0, 0.1) is 17.5 Å². The second-order valence-corrected chi connectivity index (χ2v) is 9.24. The molecule has 2 N–H and O–H groups in total. The van der Waals surface area contributed by atoms with E-state index in [1.807, 2.05) is 36.1 Å². The summed E-state index contributed by atoms with van der Waals surface area (Å²) in [6.45, 7) is 2.95. The number of nitrogens with one attached hydrogen (secondary N) is 1. The van der Waals surface area contributed by atoms with Crippen molar-refractivity contribution in [1.82, 2.24) is 15.3 Å². The number of halogens is 3. The highest BCUT2D eigenvalue weighted by Crippen LogP contribution is 2.37. The molecule has 0 spiro atoms. The topological polar surface area (TPSA) is 87.6 Å². The van der Waals surface area contributed by atoms with Gasteiger partial charge >= 0.3 is 0 Å². The lowest BCUT2D eigenvalue weighted by Crippen LogP contribution is -2.35. The number of hydrogen-bond acceptors (Lipinski definition) is 6. The Bertz CT molecular complexity index is 1530. The van der Waals surface area contributed by atoms with Gasteiger partial charge in [0.1, 0.15) is 11.6 Å². The number of aliphatic hydroxyl groups excluding tert-OH is 1. The molecular weight excluding hydrogens is 509 g/mol. The van der Waals surface area contributed by atoms with Crippen molar-refractivity contribution < 1.29 is 27.8 Å². The molecule has 1 amide bonds. The van der Waals surface area contributed by atoms with E-state index in [4.69, 9.17) is 4.74 Å². The molecule has 0 saturated carbocycles. The van der Waals surface area contributed by atoms with Gasteiger partial charge in [-0.15, -0.1) is 0 Å². The van der Waals surface area contributed by atoms with Crippen molar-refractivity contribution in [3.8, 4) is 17.0 Å². The van der Waals surface area contributed by atoms with Crippen molar-refractivity contribution in [2.24, 2.45) is 0 Å². The molecule has 39 heavy (non-hydrogen) atoms. The van der Waals surface area contributed by atoms with Crippen LogP contribution in [0.1, 0.15) is 41.7 Å². The summed E-state index contributed by atoms with van der Waals surface area (Å²) in [5.74, 6) is -3.23.